The summed E-state index contributed by atoms with van der Waals surface area (Å²) in [7, 11) is 9.87. The number of hydrogen-bond acceptors (Lipinski definition) is 14. The standard InChI is InChI=1S/C30H27ClFN5O3.C26H22ClFN6O4.C26H24ClFN6O2.C3H3ClO.2ClH.Sn/c1-3-23(38)14-20-13-22(10-11-25(20)31)34-29(39)27-24-17-36(30(40)26-5-4-12-33-26)15-18(2)28(24)37(35-27)16-19-6-8-21(32)9-7-19;1-15-12-32(26(36)21-3-2-10-29-21)14-19-23(25(35)30-18-8-9-20(27)22(11-18)34(37)38)31-33(24(15)19)13-16-4-6-17(28)7-5-16;1-15-12-33(26(36)22-3-2-10-30-22)14-19-23(25(35)31-18-8-9-20(27)21(29)11-18)32-34(24(15)19)13-16-4-6-17(28)7-5-16;1-2-3(4)5;;;/h3-13,18,33H,1,14-17H2,2H3,(H,34,39);2-11,15,29H,12-14H2,1H3,(H,30,35);2-11,15,30H,12-14,29H2,1H3,(H,31,35);2H,1H2;2*1H;/q;;;;;;+2/p-2. The number of rotatable bonds is 20. The molecule has 0 bridgehead atoms. The molecule has 628 valence electrons. The molecule has 3 atom stereocenters. The van der Waals surface area contributed by atoms with Crippen LogP contribution in [0.4, 0.5) is 41.6 Å². The van der Waals surface area contributed by atoms with Crippen molar-refractivity contribution in [2.75, 3.05) is 41.3 Å². The van der Waals surface area contributed by atoms with Gasteiger partial charge in [-0.2, -0.15) is 15.3 Å². The third-order valence-corrected chi connectivity index (χ3v) is 20.8. The fourth-order valence-electron chi connectivity index (χ4n) is 14.2. The normalized spacial score (nSPS) is 14.2. The Morgan fingerprint density at radius 1 is 0.508 bits per heavy atom. The molecule has 9 heterocycles. The second-order valence-corrected chi connectivity index (χ2v) is 34.1. The molecule has 0 saturated heterocycles. The number of fused-ring (bicyclic) bond motifs is 3. The number of carbonyl (C=O) groups is 8. The van der Waals surface area contributed by atoms with Crippen LogP contribution in [-0.2, 0) is 55.3 Å². The van der Waals surface area contributed by atoms with Gasteiger partial charge in [0.25, 0.3) is 41.1 Å². The van der Waals surface area contributed by atoms with Crippen LogP contribution in [0.15, 0.2) is 208 Å². The van der Waals surface area contributed by atoms with Crippen LogP contribution in [0.1, 0.15) is 157 Å². The Hall–Kier alpha value is -12.0. The average Bonchev–Trinajstić information content (AvgIpc) is 1.61. The molecule has 3 aliphatic rings. The number of halogens is 9. The van der Waals surface area contributed by atoms with Crippen LogP contribution in [0.25, 0.3) is 0 Å². The Morgan fingerprint density at radius 3 is 1.13 bits per heavy atom. The van der Waals surface area contributed by atoms with Crippen molar-refractivity contribution in [2.45, 2.75) is 84.2 Å². The number of aromatic nitrogens is 9. The van der Waals surface area contributed by atoms with E-state index in [2.05, 4.69) is 59.4 Å². The Bertz CT molecular complexity index is 5870. The van der Waals surface area contributed by atoms with Crippen LogP contribution >= 0.6 is 64.2 Å². The van der Waals surface area contributed by atoms with Gasteiger partial charge in [0.1, 0.15) is 39.6 Å². The molecule has 6 aromatic carbocycles. The van der Waals surface area contributed by atoms with Gasteiger partial charge in [0.05, 0.1) is 54.9 Å². The molecule has 0 saturated carbocycles. The van der Waals surface area contributed by atoms with E-state index in [4.69, 9.17) is 70.0 Å². The average molecular weight is 1880 g/mol. The number of nitro groups is 1. The summed E-state index contributed by atoms with van der Waals surface area (Å²) in [5.74, 6) is -3.59. The first-order valence-corrected chi connectivity index (χ1v) is 46.1. The molecular formula is C85H76Cl6F3N17O10Sn. The molecule has 122 heavy (non-hydrogen) atoms. The van der Waals surface area contributed by atoms with Crippen molar-refractivity contribution in [3.05, 3.63) is 341 Å². The molecule has 3 unspecified atom stereocenters. The van der Waals surface area contributed by atoms with Gasteiger partial charge >= 0.3 is 36.7 Å². The van der Waals surface area contributed by atoms with E-state index >= 15 is 0 Å². The number of aromatic amines is 3. The Labute approximate surface area is 734 Å². The zero-order valence-electron chi connectivity index (χ0n) is 65.2. The fourth-order valence-corrected chi connectivity index (χ4v) is 14.7. The van der Waals surface area contributed by atoms with Crippen LogP contribution in [0, 0.1) is 27.6 Å². The number of nitrogens with two attached hydrogens (primary N) is 1. The minimum absolute atomic E-state index is 0.0544. The molecule has 27 nitrogen and oxygen atoms in total. The SMILES string of the molecule is C=CC(=O)Cc1cc(NC(=O)c2nn(Cc3ccc(F)cc3)c3c2CN(C(=O)c2ccc[nH]2)CC3C)ccc1Cl.C=CC(=O)Cl.CC1CN(C(=O)c2ccc[nH]2)Cc2c(C(=O)Nc3ccc(Cl)c(N)c3)nn(Cc3ccc(F)cc3)c21.CC1CN(C(=O)c2ccc[nH]2)Cc2c(C(=O)Nc3ccc(Cl)c([N+](=O)[O-])c3)nn(Cc3ccc(F)cc3)c21.[Cl][Sn][Cl]. The predicted octanol–water partition coefficient (Wildman–Crippen LogP) is 16.9. The number of amides is 6. The fraction of sp³-hybridized carbons (Fsp3) is 0.188. The van der Waals surface area contributed by atoms with Crippen molar-refractivity contribution in [3.63, 3.8) is 0 Å². The van der Waals surface area contributed by atoms with Gasteiger partial charge in [-0.25, -0.2) is 13.2 Å². The first-order chi connectivity index (χ1) is 58.4. The number of H-pyrrole nitrogens is 3. The molecule has 0 spiro atoms. The topological polar surface area (TPSA) is 352 Å². The second kappa shape index (κ2) is 41.5. The van der Waals surface area contributed by atoms with Crippen LogP contribution in [0.3, 0.4) is 0 Å². The Balaban J connectivity index is 0.000000171. The van der Waals surface area contributed by atoms with Crippen LogP contribution < -0.4 is 21.7 Å². The Kier molecular flexibility index (Phi) is 30.8. The third kappa shape index (κ3) is 22.6. The van der Waals surface area contributed by atoms with Crippen molar-refractivity contribution in [2.24, 2.45) is 0 Å². The molecule has 3 aliphatic heterocycles. The number of carbonyl (C=O) groups excluding carboxylic acids is 8. The molecule has 12 aromatic rings. The molecule has 6 aromatic heterocycles. The minimum atomic E-state index is -0.826. The van der Waals surface area contributed by atoms with Gasteiger partial charge in [0.2, 0.25) is 5.24 Å². The zero-order valence-corrected chi connectivity index (χ0v) is 72.6. The van der Waals surface area contributed by atoms with Crippen molar-refractivity contribution in [1.29, 1.82) is 0 Å². The summed E-state index contributed by atoms with van der Waals surface area (Å²) >= 11 is 22.0. The third-order valence-electron chi connectivity index (χ3n) is 19.7. The maximum absolute atomic E-state index is 13.6. The van der Waals surface area contributed by atoms with Crippen LogP contribution in [0.5, 0.6) is 0 Å². The number of ketones is 1. The first-order valence-electron chi connectivity index (χ1n) is 37.4. The van der Waals surface area contributed by atoms with E-state index in [9.17, 15) is 61.6 Å². The number of nitrogen functional groups attached to an aromatic ring is 1. The van der Waals surface area contributed by atoms with Crippen molar-refractivity contribution in [1.82, 2.24) is 59.0 Å². The number of hydrogen-bond donors (Lipinski definition) is 7. The summed E-state index contributed by atoms with van der Waals surface area (Å²) in [4.78, 5) is 126. The summed E-state index contributed by atoms with van der Waals surface area (Å²) in [5, 5.41) is 33.8. The zero-order chi connectivity index (χ0) is 87.8. The van der Waals surface area contributed by atoms with Crippen LogP contribution in [-0.4, -0.2) is 149 Å². The van der Waals surface area contributed by atoms with E-state index in [1.165, 1.54) is 60.7 Å². The Morgan fingerprint density at radius 2 is 0.828 bits per heavy atom. The van der Waals surface area contributed by atoms with Gasteiger partial charge in [-0.05, 0) is 167 Å². The monoisotopic (exact) mass is 1880 g/mol. The van der Waals surface area contributed by atoms with Gasteiger partial charge in [0.15, 0.2) is 22.9 Å². The molecule has 15 rings (SSSR count). The van der Waals surface area contributed by atoms with Gasteiger partial charge in [-0.3, -0.25) is 62.5 Å². The summed E-state index contributed by atoms with van der Waals surface area (Å²) in [5.41, 5.74) is 16.3. The summed E-state index contributed by atoms with van der Waals surface area (Å²) < 4.78 is 45.6. The molecule has 37 heteroatoms. The maximum atomic E-state index is 13.6. The van der Waals surface area contributed by atoms with E-state index in [-0.39, 0.29) is 125 Å². The van der Waals surface area contributed by atoms with Gasteiger partial charge < -0.3 is 51.3 Å². The number of nitro benzene ring substituents is 1. The van der Waals surface area contributed by atoms with E-state index in [1.54, 1.807) is 157 Å². The second-order valence-electron chi connectivity index (χ2n) is 28.3. The number of benzene rings is 6. The number of anilines is 4. The molecule has 0 aliphatic carbocycles. The molecular weight excluding hydrogens is 1810 g/mol. The van der Waals surface area contributed by atoms with Crippen molar-refractivity contribution < 1.29 is 56.5 Å². The molecule has 8 N–H and O–H groups in total. The predicted molar refractivity (Wildman–Crippen MR) is 462 cm³/mol. The quantitative estimate of drug-likeness (QED) is 0.00932. The van der Waals surface area contributed by atoms with Gasteiger partial charge in [-0.1, -0.05) is 105 Å². The molecule has 2 radical (unpaired) electrons. The summed E-state index contributed by atoms with van der Waals surface area (Å²) in [6.07, 6.45) is 7.38. The van der Waals surface area contributed by atoms with Gasteiger partial charge in [0, 0.05) is 124 Å². The first kappa shape index (κ1) is 90.7. The molecule has 6 amide bonds. The van der Waals surface area contributed by atoms with Crippen molar-refractivity contribution in [3.8, 4) is 0 Å². The van der Waals surface area contributed by atoms with E-state index in [0.29, 0.717) is 99.2 Å². The van der Waals surface area contributed by atoms with E-state index < -0.39 is 46.8 Å². The number of allylic oxidation sites excluding steroid dienone is 2. The van der Waals surface area contributed by atoms with Crippen LogP contribution in [0.2, 0.25) is 15.1 Å². The number of nitrogens with one attached hydrogen (secondary N) is 6. The number of nitrogens with zero attached hydrogens (tertiary/aromatic N) is 10. The van der Waals surface area contributed by atoms with E-state index in [0.717, 1.165) is 39.8 Å². The van der Waals surface area contributed by atoms with Gasteiger partial charge in [-0.15, -0.1) is 0 Å². The summed E-state index contributed by atoms with van der Waals surface area (Å²) in [6.45, 7) is 15.4. The summed E-state index contributed by atoms with van der Waals surface area (Å²) in [6, 6.07) is 42.4. The molecule has 0 fully saturated rings. The van der Waals surface area contributed by atoms with Crippen molar-refractivity contribution >= 4 is 158 Å². The van der Waals surface area contributed by atoms with E-state index in [1.807, 2.05) is 20.8 Å².